The van der Waals surface area contributed by atoms with Crippen LogP contribution in [0.15, 0.2) is 102 Å². The SMILES string of the molecule is N=C(N=C(N)n1c2ccccc2c2ccccc21)n1c2ccccc2c2ccccc21. The normalized spacial score (nSPS) is 12.3. The molecule has 5 nitrogen and oxygen atoms in total. The van der Waals surface area contributed by atoms with E-state index in [4.69, 9.17) is 11.1 Å². The first-order valence-electron chi connectivity index (χ1n) is 10.1. The second-order valence-electron chi connectivity index (χ2n) is 7.53. The number of hydrogen-bond acceptors (Lipinski definition) is 1. The molecule has 148 valence electrons. The first kappa shape index (κ1) is 17.5. The average Bonchev–Trinajstić information content (AvgIpc) is 3.32. The second kappa shape index (κ2) is 6.57. The van der Waals surface area contributed by atoms with Crippen molar-refractivity contribution >= 4 is 55.5 Å². The van der Waals surface area contributed by atoms with Crippen LogP contribution < -0.4 is 5.73 Å². The van der Waals surface area contributed by atoms with Crippen molar-refractivity contribution in [2.75, 3.05) is 0 Å². The Labute approximate surface area is 178 Å². The highest BCUT2D eigenvalue weighted by molar-refractivity contribution is 6.17. The first-order chi connectivity index (χ1) is 15.2. The van der Waals surface area contributed by atoms with E-state index >= 15 is 0 Å². The number of fused-ring (bicyclic) bond motifs is 6. The number of nitrogens with two attached hydrogens (primary N) is 1. The first-order valence-corrected chi connectivity index (χ1v) is 10.1. The molecule has 3 N–H and O–H groups in total. The Morgan fingerprint density at radius 2 is 0.871 bits per heavy atom. The number of benzene rings is 4. The minimum absolute atomic E-state index is 0.0803. The van der Waals surface area contributed by atoms with Gasteiger partial charge in [-0.2, -0.15) is 4.99 Å². The maximum absolute atomic E-state index is 8.84. The smallest absolute Gasteiger partial charge is 0.230 e. The fourth-order valence-electron chi connectivity index (χ4n) is 4.53. The lowest BCUT2D eigenvalue weighted by atomic mass is 10.2. The molecule has 0 atom stereocenters. The molecular weight excluding hydrogens is 382 g/mol. The number of nitrogens with zero attached hydrogens (tertiary/aromatic N) is 3. The molecule has 2 aromatic heterocycles. The van der Waals surface area contributed by atoms with Crippen molar-refractivity contribution in [3.63, 3.8) is 0 Å². The van der Waals surface area contributed by atoms with Gasteiger partial charge in [-0.25, -0.2) is 0 Å². The second-order valence-corrected chi connectivity index (χ2v) is 7.53. The van der Waals surface area contributed by atoms with E-state index in [-0.39, 0.29) is 11.9 Å². The van der Waals surface area contributed by atoms with E-state index in [0.717, 1.165) is 43.6 Å². The highest BCUT2D eigenvalue weighted by Crippen LogP contribution is 2.30. The minimum atomic E-state index is 0.0803. The Bertz CT molecular complexity index is 1560. The lowest BCUT2D eigenvalue weighted by Gasteiger charge is -2.09. The van der Waals surface area contributed by atoms with Gasteiger partial charge < -0.3 is 5.73 Å². The van der Waals surface area contributed by atoms with Crippen LogP contribution in [0.4, 0.5) is 0 Å². The third kappa shape index (κ3) is 2.50. The molecule has 6 aromatic rings. The Kier molecular flexibility index (Phi) is 3.70. The summed E-state index contributed by atoms with van der Waals surface area (Å²) < 4.78 is 3.78. The fraction of sp³-hybridized carbons (Fsp3) is 0. The standard InChI is InChI=1S/C26H19N5/c27-25(30-21-13-5-1-9-17(21)18-10-2-6-14-22(18)30)29-26(28)31-23-15-7-3-11-19(23)20-12-4-8-16-24(20)31/h1-16H,(H3,27,28,29). The van der Waals surface area contributed by atoms with Gasteiger partial charge in [0.1, 0.15) is 0 Å². The molecule has 0 aliphatic rings. The van der Waals surface area contributed by atoms with Crippen LogP contribution >= 0.6 is 0 Å². The number of hydrogen-bond donors (Lipinski definition) is 2. The summed E-state index contributed by atoms with van der Waals surface area (Å²) in [4.78, 5) is 4.57. The predicted molar refractivity (Wildman–Crippen MR) is 129 cm³/mol. The van der Waals surface area contributed by atoms with E-state index in [2.05, 4.69) is 29.3 Å². The van der Waals surface area contributed by atoms with Gasteiger partial charge in [-0.05, 0) is 24.3 Å². The summed E-state index contributed by atoms with van der Waals surface area (Å²) in [5, 5.41) is 13.2. The van der Waals surface area contributed by atoms with Crippen LogP contribution in [0.3, 0.4) is 0 Å². The zero-order valence-electron chi connectivity index (χ0n) is 16.7. The third-order valence-electron chi connectivity index (χ3n) is 5.82. The average molecular weight is 401 g/mol. The molecule has 0 saturated carbocycles. The molecule has 0 saturated heterocycles. The molecule has 0 unspecified atom stereocenters. The van der Waals surface area contributed by atoms with Crippen molar-refractivity contribution in [2.24, 2.45) is 10.7 Å². The van der Waals surface area contributed by atoms with Crippen molar-refractivity contribution in [2.45, 2.75) is 0 Å². The molecule has 0 aliphatic carbocycles. The maximum Gasteiger partial charge on any atom is 0.230 e. The Hall–Kier alpha value is -4.38. The highest BCUT2D eigenvalue weighted by Gasteiger charge is 2.16. The fourth-order valence-corrected chi connectivity index (χ4v) is 4.53. The lowest BCUT2D eigenvalue weighted by Crippen LogP contribution is -2.25. The van der Waals surface area contributed by atoms with Crippen LogP contribution in [0.25, 0.3) is 43.6 Å². The lowest BCUT2D eigenvalue weighted by molar-refractivity contribution is 1.15. The summed E-state index contributed by atoms with van der Waals surface area (Å²) in [6.07, 6.45) is 0. The molecule has 0 fully saturated rings. The summed E-state index contributed by atoms with van der Waals surface area (Å²) in [5.41, 5.74) is 10.3. The summed E-state index contributed by atoms with van der Waals surface area (Å²) >= 11 is 0. The monoisotopic (exact) mass is 401 g/mol. The summed E-state index contributed by atoms with van der Waals surface area (Å²) in [5.74, 6) is 0.348. The predicted octanol–water partition coefficient (Wildman–Crippen LogP) is 5.55. The quantitative estimate of drug-likeness (QED) is 0.254. The van der Waals surface area contributed by atoms with Gasteiger partial charge in [0.25, 0.3) is 0 Å². The van der Waals surface area contributed by atoms with Crippen molar-refractivity contribution in [3.05, 3.63) is 97.1 Å². The van der Waals surface area contributed by atoms with Gasteiger partial charge in [-0.15, -0.1) is 0 Å². The van der Waals surface area contributed by atoms with Crippen molar-refractivity contribution < 1.29 is 0 Å². The summed E-state index contributed by atoms with van der Waals surface area (Å²) in [6, 6.07) is 32.4. The largest absolute Gasteiger partial charge is 0.369 e. The van der Waals surface area contributed by atoms with Gasteiger partial charge >= 0.3 is 0 Å². The molecule has 0 amide bonds. The Morgan fingerprint density at radius 3 is 1.26 bits per heavy atom. The minimum Gasteiger partial charge on any atom is -0.369 e. The highest BCUT2D eigenvalue weighted by atomic mass is 15.2. The van der Waals surface area contributed by atoms with Gasteiger partial charge in [-0.3, -0.25) is 14.5 Å². The zero-order valence-corrected chi connectivity index (χ0v) is 16.7. The van der Waals surface area contributed by atoms with E-state index in [1.54, 1.807) is 0 Å². The van der Waals surface area contributed by atoms with E-state index in [1.165, 1.54) is 0 Å². The molecule has 6 rings (SSSR count). The third-order valence-corrected chi connectivity index (χ3v) is 5.82. The molecule has 5 heteroatoms. The number of rotatable bonds is 0. The van der Waals surface area contributed by atoms with Crippen LogP contribution in [0, 0.1) is 5.41 Å². The van der Waals surface area contributed by atoms with E-state index < -0.39 is 0 Å². The van der Waals surface area contributed by atoms with Gasteiger partial charge in [-0.1, -0.05) is 72.8 Å². The molecule has 2 heterocycles. The van der Waals surface area contributed by atoms with Crippen LogP contribution in [0.5, 0.6) is 0 Å². The van der Waals surface area contributed by atoms with Crippen LogP contribution in [0.2, 0.25) is 0 Å². The zero-order chi connectivity index (χ0) is 20.9. The molecule has 0 aliphatic heterocycles. The molecule has 31 heavy (non-hydrogen) atoms. The topological polar surface area (TPSA) is 72.1 Å². The molecule has 4 aromatic carbocycles. The molecule has 0 bridgehead atoms. The van der Waals surface area contributed by atoms with Gasteiger partial charge in [0.05, 0.1) is 22.1 Å². The van der Waals surface area contributed by atoms with E-state index in [9.17, 15) is 0 Å². The van der Waals surface area contributed by atoms with Crippen molar-refractivity contribution in [1.82, 2.24) is 9.13 Å². The number of nitrogens with one attached hydrogen (secondary N) is 1. The number of para-hydroxylation sites is 4. The number of aromatic nitrogens is 2. The van der Waals surface area contributed by atoms with Gasteiger partial charge in [0.15, 0.2) is 0 Å². The van der Waals surface area contributed by atoms with E-state index in [1.807, 2.05) is 81.9 Å². The van der Waals surface area contributed by atoms with Crippen LogP contribution in [-0.2, 0) is 0 Å². The van der Waals surface area contributed by atoms with Gasteiger partial charge in [0, 0.05) is 21.5 Å². The summed E-state index contributed by atoms with van der Waals surface area (Å²) in [7, 11) is 0. The van der Waals surface area contributed by atoms with Crippen molar-refractivity contribution in [1.29, 1.82) is 5.41 Å². The Morgan fingerprint density at radius 1 is 0.548 bits per heavy atom. The summed E-state index contributed by atoms with van der Waals surface area (Å²) in [6.45, 7) is 0. The molecular formula is C26H19N5. The number of aliphatic imine (C=N–C) groups is 1. The van der Waals surface area contributed by atoms with Gasteiger partial charge in [0.2, 0.25) is 11.9 Å². The molecule has 0 radical (unpaired) electrons. The van der Waals surface area contributed by atoms with Crippen LogP contribution in [-0.4, -0.2) is 21.1 Å². The van der Waals surface area contributed by atoms with Crippen molar-refractivity contribution in [3.8, 4) is 0 Å². The molecule has 0 spiro atoms. The Balaban J connectivity index is 1.59. The maximum atomic E-state index is 8.84. The van der Waals surface area contributed by atoms with Crippen LogP contribution in [0.1, 0.15) is 0 Å². The van der Waals surface area contributed by atoms with E-state index in [0.29, 0.717) is 0 Å².